The van der Waals surface area contributed by atoms with E-state index in [0.29, 0.717) is 12.5 Å². The van der Waals surface area contributed by atoms with E-state index in [1.165, 1.54) is 6.07 Å². The van der Waals surface area contributed by atoms with Crippen LogP contribution in [-0.4, -0.2) is 16.7 Å². The minimum Gasteiger partial charge on any atom is -0.368 e. The molecule has 0 radical (unpaired) electrons. The summed E-state index contributed by atoms with van der Waals surface area (Å²) in [6.45, 7) is 0.688. The summed E-state index contributed by atoms with van der Waals surface area (Å²) >= 11 is 5.71. The standard InChI is InChI=1S/C12H10ClFN2O2/c13-8-4-1-3-7(10(8)14)11-15-12(18-16-11)9-5-2-6-17-9/h1,3-4,9H,2,5-6H2. The Morgan fingerprint density at radius 2 is 2.28 bits per heavy atom. The van der Waals surface area contributed by atoms with E-state index in [0.717, 1.165) is 12.8 Å². The molecule has 1 aromatic heterocycles. The first kappa shape index (κ1) is 11.6. The van der Waals surface area contributed by atoms with Crippen molar-refractivity contribution < 1.29 is 13.7 Å². The van der Waals surface area contributed by atoms with E-state index in [-0.39, 0.29) is 22.5 Å². The maximum atomic E-state index is 13.8. The minimum absolute atomic E-state index is 0.0379. The smallest absolute Gasteiger partial charge is 0.256 e. The number of hydrogen-bond acceptors (Lipinski definition) is 4. The van der Waals surface area contributed by atoms with Crippen molar-refractivity contribution in [1.82, 2.24) is 10.1 Å². The Bertz CT molecular complexity index is 567. The zero-order valence-electron chi connectivity index (χ0n) is 9.40. The van der Waals surface area contributed by atoms with Gasteiger partial charge in [0.05, 0.1) is 10.6 Å². The first-order valence-electron chi connectivity index (χ1n) is 5.65. The Morgan fingerprint density at radius 1 is 1.39 bits per heavy atom. The first-order valence-corrected chi connectivity index (χ1v) is 6.03. The third kappa shape index (κ3) is 2.00. The molecule has 0 N–H and O–H groups in total. The van der Waals surface area contributed by atoms with Crippen molar-refractivity contribution in [3.63, 3.8) is 0 Å². The van der Waals surface area contributed by atoms with Crippen LogP contribution in [0.2, 0.25) is 5.02 Å². The second-order valence-corrected chi connectivity index (χ2v) is 4.47. The Balaban J connectivity index is 1.95. The Hall–Kier alpha value is -1.46. The van der Waals surface area contributed by atoms with Gasteiger partial charge in [0, 0.05) is 6.61 Å². The van der Waals surface area contributed by atoms with Crippen molar-refractivity contribution in [2.45, 2.75) is 18.9 Å². The van der Waals surface area contributed by atoms with Crippen LogP contribution in [0.4, 0.5) is 4.39 Å². The van der Waals surface area contributed by atoms with Crippen LogP contribution < -0.4 is 0 Å². The lowest BCUT2D eigenvalue weighted by molar-refractivity contribution is 0.0835. The molecular weight excluding hydrogens is 259 g/mol. The van der Waals surface area contributed by atoms with Gasteiger partial charge in [-0.05, 0) is 25.0 Å². The van der Waals surface area contributed by atoms with Crippen LogP contribution in [0, 0.1) is 5.82 Å². The highest BCUT2D eigenvalue weighted by molar-refractivity contribution is 6.31. The molecule has 0 bridgehead atoms. The molecule has 0 spiro atoms. The van der Waals surface area contributed by atoms with Crippen molar-refractivity contribution in [2.24, 2.45) is 0 Å². The molecule has 0 aliphatic carbocycles. The summed E-state index contributed by atoms with van der Waals surface area (Å²) in [7, 11) is 0. The fourth-order valence-corrected chi connectivity index (χ4v) is 2.10. The zero-order valence-corrected chi connectivity index (χ0v) is 10.2. The van der Waals surface area contributed by atoms with Crippen molar-refractivity contribution in [3.05, 3.63) is 34.9 Å². The number of rotatable bonds is 2. The van der Waals surface area contributed by atoms with E-state index in [9.17, 15) is 4.39 Å². The molecule has 1 aliphatic heterocycles. The van der Waals surface area contributed by atoms with Gasteiger partial charge in [0.25, 0.3) is 5.89 Å². The molecule has 1 saturated heterocycles. The first-order chi connectivity index (χ1) is 8.75. The number of hydrogen-bond donors (Lipinski definition) is 0. The quantitative estimate of drug-likeness (QED) is 0.838. The van der Waals surface area contributed by atoms with E-state index >= 15 is 0 Å². The van der Waals surface area contributed by atoms with Crippen molar-refractivity contribution in [3.8, 4) is 11.4 Å². The highest BCUT2D eigenvalue weighted by Crippen LogP contribution is 2.30. The van der Waals surface area contributed by atoms with E-state index < -0.39 is 5.82 Å². The van der Waals surface area contributed by atoms with Crippen LogP contribution in [0.1, 0.15) is 24.8 Å². The van der Waals surface area contributed by atoms with Gasteiger partial charge in [0.2, 0.25) is 5.82 Å². The summed E-state index contributed by atoms with van der Waals surface area (Å²) in [4.78, 5) is 4.16. The molecule has 1 aliphatic rings. The van der Waals surface area contributed by atoms with E-state index in [4.69, 9.17) is 20.9 Å². The summed E-state index contributed by atoms with van der Waals surface area (Å²) < 4.78 is 24.3. The molecule has 1 unspecified atom stereocenters. The molecule has 1 atom stereocenters. The van der Waals surface area contributed by atoms with Crippen LogP contribution in [0.25, 0.3) is 11.4 Å². The molecule has 6 heteroatoms. The predicted octanol–water partition coefficient (Wildman–Crippen LogP) is 3.38. The molecular formula is C12H10ClFN2O2. The lowest BCUT2D eigenvalue weighted by Crippen LogP contribution is -1.96. The third-order valence-corrected chi connectivity index (χ3v) is 3.13. The van der Waals surface area contributed by atoms with Gasteiger partial charge >= 0.3 is 0 Å². The van der Waals surface area contributed by atoms with Gasteiger partial charge < -0.3 is 9.26 Å². The van der Waals surface area contributed by atoms with Crippen LogP contribution in [0.3, 0.4) is 0 Å². The normalized spacial score (nSPS) is 19.3. The topological polar surface area (TPSA) is 48.2 Å². The average molecular weight is 269 g/mol. The largest absolute Gasteiger partial charge is 0.368 e. The number of aromatic nitrogens is 2. The van der Waals surface area contributed by atoms with Gasteiger partial charge in [-0.15, -0.1) is 0 Å². The number of ether oxygens (including phenoxy) is 1. The highest BCUT2D eigenvalue weighted by atomic mass is 35.5. The molecule has 94 valence electrons. The second kappa shape index (κ2) is 4.66. The lowest BCUT2D eigenvalue weighted by atomic mass is 10.2. The molecule has 18 heavy (non-hydrogen) atoms. The Morgan fingerprint density at radius 3 is 3.06 bits per heavy atom. The van der Waals surface area contributed by atoms with Gasteiger partial charge in [0.1, 0.15) is 6.10 Å². The van der Waals surface area contributed by atoms with Crippen molar-refractivity contribution >= 4 is 11.6 Å². The SMILES string of the molecule is Fc1c(Cl)cccc1-c1noc(C2CCCO2)n1. The Kier molecular flexibility index (Phi) is 3.01. The molecule has 1 fully saturated rings. The van der Waals surface area contributed by atoms with E-state index in [1.54, 1.807) is 12.1 Å². The molecule has 0 saturated carbocycles. The van der Waals surface area contributed by atoms with Gasteiger partial charge in [-0.25, -0.2) is 4.39 Å². The van der Waals surface area contributed by atoms with Gasteiger partial charge in [-0.3, -0.25) is 0 Å². The maximum Gasteiger partial charge on any atom is 0.256 e. The summed E-state index contributed by atoms with van der Waals surface area (Å²) in [5.41, 5.74) is 0.232. The van der Waals surface area contributed by atoms with Crippen LogP contribution in [0.15, 0.2) is 22.7 Å². The van der Waals surface area contributed by atoms with E-state index in [1.807, 2.05) is 0 Å². The maximum absolute atomic E-state index is 13.8. The third-order valence-electron chi connectivity index (χ3n) is 2.84. The second-order valence-electron chi connectivity index (χ2n) is 4.06. The number of nitrogens with zero attached hydrogens (tertiary/aromatic N) is 2. The van der Waals surface area contributed by atoms with Crippen molar-refractivity contribution in [2.75, 3.05) is 6.61 Å². The predicted molar refractivity (Wildman–Crippen MR) is 62.6 cm³/mol. The molecule has 0 amide bonds. The van der Waals surface area contributed by atoms with E-state index in [2.05, 4.69) is 10.1 Å². The lowest BCUT2D eigenvalue weighted by Gasteiger charge is -2.01. The fraction of sp³-hybridized carbons (Fsp3) is 0.333. The fourth-order valence-electron chi connectivity index (χ4n) is 1.92. The summed E-state index contributed by atoms with van der Waals surface area (Å²) in [6.07, 6.45) is 1.64. The zero-order chi connectivity index (χ0) is 12.5. The Labute approximate surface area is 108 Å². The highest BCUT2D eigenvalue weighted by Gasteiger charge is 2.25. The monoisotopic (exact) mass is 268 g/mol. The van der Waals surface area contributed by atoms with Gasteiger partial charge in [0.15, 0.2) is 5.82 Å². The van der Waals surface area contributed by atoms with Crippen LogP contribution in [-0.2, 0) is 4.74 Å². The van der Waals surface area contributed by atoms with Crippen LogP contribution in [0.5, 0.6) is 0 Å². The number of halogens is 2. The van der Waals surface area contributed by atoms with Gasteiger partial charge in [-0.2, -0.15) is 4.98 Å². The van der Waals surface area contributed by atoms with Crippen LogP contribution >= 0.6 is 11.6 Å². The summed E-state index contributed by atoms with van der Waals surface area (Å²) in [5, 5.41) is 3.81. The van der Waals surface area contributed by atoms with Gasteiger partial charge in [-0.1, -0.05) is 22.8 Å². The average Bonchev–Trinajstić information content (AvgIpc) is 3.01. The molecule has 4 nitrogen and oxygen atoms in total. The molecule has 2 aromatic rings. The molecule has 1 aromatic carbocycles. The molecule has 2 heterocycles. The number of benzene rings is 1. The van der Waals surface area contributed by atoms with Crippen molar-refractivity contribution in [1.29, 1.82) is 0 Å². The summed E-state index contributed by atoms with van der Waals surface area (Å²) in [5.74, 6) is 0.0428. The minimum atomic E-state index is -0.543. The molecule has 3 rings (SSSR count). The summed E-state index contributed by atoms with van der Waals surface area (Å²) in [6, 6.07) is 4.68.